The Kier molecular flexibility index (Phi) is 8.39. The molecule has 3 nitrogen and oxygen atoms in total. The highest BCUT2D eigenvalue weighted by molar-refractivity contribution is 5.85. The van der Waals surface area contributed by atoms with Crippen LogP contribution in [0.1, 0.15) is 11.3 Å². The number of piperazine rings is 1. The van der Waals surface area contributed by atoms with Crippen LogP contribution in [-0.2, 0) is 6.54 Å². The van der Waals surface area contributed by atoms with E-state index in [0.717, 1.165) is 50.6 Å². The van der Waals surface area contributed by atoms with Crippen LogP contribution in [0.4, 0.5) is 0 Å². The zero-order valence-corrected chi connectivity index (χ0v) is 16.9. The topological polar surface area (TPSA) is 19.6 Å². The van der Waals surface area contributed by atoms with Gasteiger partial charge in [0, 0.05) is 38.1 Å². The van der Waals surface area contributed by atoms with Crippen LogP contribution in [0.15, 0.2) is 71.2 Å². The van der Waals surface area contributed by atoms with Crippen molar-refractivity contribution in [3.05, 3.63) is 78.1 Å². The fourth-order valence-corrected chi connectivity index (χ4v) is 3.37. The third-order valence-corrected chi connectivity index (χ3v) is 4.79. The molecular weight excluding hydrogens is 379 g/mol. The highest BCUT2D eigenvalue weighted by atomic mass is 35.5. The molecule has 2 aromatic carbocycles. The summed E-state index contributed by atoms with van der Waals surface area (Å²) >= 11 is 0. The van der Waals surface area contributed by atoms with Crippen LogP contribution >= 0.6 is 24.8 Å². The number of hydrogen-bond acceptors (Lipinski definition) is 3. The molecule has 27 heavy (non-hydrogen) atoms. The minimum atomic E-state index is 0. The molecule has 144 valence electrons. The predicted octanol–water partition coefficient (Wildman–Crippen LogP) is 5.11. The quantitative estimate of drug-likeness (QED) is 0.588. The molecule has 0 bridgehead atoms. The molecule has 5 heteroatoms. The number of benzene rings is 2. The second-order valence-corrected chi connectivity index (χ2v) is 6.64. The van der Waals surface area contributed by atoms with Gasteiger partial charge in [0.05, 0.1) is 6.54 Å². The fraction of sp³-hybridized carbons (Fsp3) is 0.273. The number of para-hydroxylation sites is 1. The summed E-state index contributed by atoms with van der Waals surface area (Å²) in [5.74, 6) is 1.07. The van der Waals surface area contributed by atoms with Crippen molar-refractivity contribution in [1.82, 2.24) is 9.80 Å². The zero-order valence-electron chi connectivity index (χ0n) is 15.3. The molecule has 1 aromatic heterocycles. The summed E-state index contributed by atoms with van der Waals surface area (Å²) in [5, 5.41) is 1.20. The third-order valence-electron chi connectivity index (χ3n) is 4.79. The maximum absolute atomic E-state index is 5.95. The normalized spacial score (nSPS) is 15.6. The molecule has 0 spiro atoms. The van der Waals surface area contributed by atoms with Gasteiger partial charge in [0.2, 0.25) is 0 Å². The van der Waals surface area contributed by atoms with Gasteiger partial charge in [-0.3, -0.25) is 9.80 Å². The van der Waals surface area contributed by atoms with E-state index in [9.17, 15) is 0 Å². The first-order valence-corrected chi connectivity index (χ1v) is 9.00. The van der Waals surface area contributed by atoms with Crippen LogP contribution in [0.25, 0.3) is 17.0 Å². The summed E-state index contributed by atoms with van der Waals surface area (Å²) in [6, 6.07) is 20.9. The molecule has 0 radical (unpaired) electrons. The second-order valence-electron chi connectivity index (χ2n) is 6.64. The van der Waals surface area contributed by atoms with E-state index in [1.54, 1.807) is 0 Å². The maximum Gasteiger partial charge on any atom is 0.134 e. The van der Waals surface area contributed by atoms with Crippen LogP contribution in [-0.4, -0.2) is 42.5 Å². The molecule has 0 N–H and O–H groups in total. The van der Waals surface area contributed by atoms with Crippen molar-refractivity contribution in [2.75, 3.05) is 32.7 Å². The fourth-order valence-electron chi connectivity index (χ4n) is 3.37. The highest BCUT2D eigenvalue weighted by Crippen LogP contribution is 2.20. The Balaban J connectivity index is 0.00000131. The second kappa shape index (κ2) is 10.5. The van der Waals surface area contributed by atoms with Crippen LogP contribution in [0.2, 0.25) is 0 Å². The Bertz CT molecular complexity index is 807. The maximum atomic E-state index is 5.95. The summed E-state index contributed by atoms with van der Waals surface area (Å²) in [7, 11) is 0. The van der Waals surface area contributed by atoms with Crippen molar-refractivity contribution in [2.45, 2.75) is 6.54 Å². The molecule has 4 rings (SSSR count). The van der Waals surface area contributed by atoms with Crippen LogP contribution in [0, 0.1) is 0 Å². The van der Waals surface area contributed by atoms with E-state index in [2.05, 4.69) is 70.5 Å². The lowest BCUT2D eigenvalue weighted by atomic mass is 10.2. The highest BCUT2D eigenvalue weighted by Gasteiger charge is 2.17. The van der Waals surface area contributed by atoms with Crippen LogP contribution in [0.3, 0.4) is 0 Å². The molecule has 0 saturated carbocycles. The molecular formula is C22H26Cl2N2O. The van der Waals surface area contributed by atoms with E-state index in [4.69, 9.17) is 4.42 Å². The van der Waals surface area contributed by atoms with Gasteiger partial charge < -0.3 is 4.42 Å². The number of furan rings is 1. The van der Waals surface area contributed by atoms with Gasteiger partial charge >= 0.3 is 0 Å². The number of hydrogen-bond donors (Lipinski definition) is 0. The number of halogens is 2. The molecule has 1 aliphatic rings. The van der Waals surface area contributed by atoms with Gasteiger partial charge in [-0.15, -0.1) is 24.8 Å². The van der Waals surface area contributed by atoms with Gasteiger partial charge in [0.25, 0.3) is 0 Å². The minimum Gasteiger partial charge on any atom is -0.460 e. The lowest BCUT2D eigenvalue weighted by Crippen LogP contribution is -2.45. The Morgan fingerprint density at radius 3 is 2.22 bits per heavy atom. The average Bonchev–Trinajstić information content (AvgIpc) is 3.06. The van der Waals surface area contributed by atoms with Gasteiger partial charge in [-0.25, -0.2) is 0 Å². The third kappa shape index (κ3) is 5.85. The Morgan fingerprint density at radius 2 is 1.48 bits per heavy atom. The Labute approximate surface area is 173 Å². The molecule has 1 aliphatic heterocycles. The average molecular weight is 405 g/mol. The molecule has 0 aliphatic carbocycles. The van der Waals surface area contributed by atoms with E-state index in [1.165, 1.54) is 10.9 Å². The van der Waals surface area contributed by atoms with E-state index in [-0.39, 0.29) is 24.8 Å². The zero-order chi connectivity index (χ0) is 16.9. The summed E-state index contributed by atoms with van der Waals surface area (Å²) in [6.07, 6.45) is 4.48. The van der Waals surface area contributed by atoms with Gasteiger partial charge in [-0.1, -0.05) is 60.7 Å². The molecule has 2 heterocycles. The van der Waals surface area contributed by atoms with Crippen molar-refractivity contribution in [1.29, 1.82) is 0 Å². The standard InChI is InChI=1S/C22H24N2O.2ClH/c1-2-7-19(8-3-1)9-6-12-23-13-15-24(16-14-23)18-21-17-20-10-4-5-11-22(20)25-21;;/h1-11,17H,12-16,18H2;2*1H/b9-6+;;. The first-order valence-electron chi connectivity index (χ1n) is 9.00. The van der Waals surface area contributed by atoms with Crippen molar-refractivity contribution >= 4 is 41.9 Å². The van der Waals surface area contributed by atoms with Crippen molar-refractivity contribution in [2.24, 2.45) is 0 Å². The number of rotatable bonds is 5. The SMILES string of the molecule is C(=C\c1ccccc1)/CN1CCN(Cc2cc3ccccc3o2)CC1.Cl.Cl. The Morgan fingerprint density at radius 1 is 0.815 bits per heavy atom. The van der Waals surface area contributed by atoms with Crippen molar-refractivity contribution in [3.8, 4) is 0 Å². The molecule has 0 unspecified atom stereocenters. The lowest BCUT2D eigenvalue weighted by molar-refractivity contribution is 0.130. The first kappa shape index (κ1) is 21.5. The van der Waals surface area contributed by atoms with Crippen molar-refractivity contribution in [3.63, 3.8) is 0 Å². The van der Waals surface area contributed by atoms with E-state index >= 15 is 0 Å². The van der Waals surface area contributed by atoms with Crippen molar-refractivity contribution < 1.29 is 4.42 Å². The van der Waals surface area contributed by atoms with Crippen LogP contribution < -0.4 is 0 Å². The molecule has 0 atom stereocenters. The Hall–Kier alpha value is -1.78. The lowest BCUT2D eigenvalue weighted by Gasteiger charge is -2.33. The van der Waals surface area contributed by atoms with Gasteiger partial charge in [0.15, 0.2) is 0 Å². The summed E-state index contributed by atoms with van der Waals surface area (Å²) in [6.45, 7) is 6.33. The molecule has 1 fully saturated rings. The van der Waals surface area contributed by atoms with Gasteiger partial charge in [-0.2, -0.15) is 0 Å². The first-order chi connectivity index (χ1) is 12.4. The smallest absolute Gasteiger partial charge is 0.134 e. The largest absolute Gasteiger partial charge is 0.460 e. The minimum absolute atomic E-state index is 0. The summed E-state index contributed by atoms with van der Waals surface area (Å²) < 4.78 is 5.95. The molecule has 1 saturated heterocycles. The monoisotopic (exact) mass is 404 g/mol. The molecule has 3 aromatic rings. The van der Waals surface area contributed by atoms with E-state index < -0.39 is 0 Å². The number of nitrogens with zero attached hydrogens (tertiary/aromatic N) is 2. The molecule has 0 amide bonds. The number of fused-ring (bicyclic) bond motifs is 1. The van der Waals surface area contributed by atoms with Gasteiger partial charge in [-0.05, 0) is 17.7 Å². The summed E-state index contributed by atoms with van der Waals surface area (Å²) in [5.41, 5.74) is 2.26. The summed E-state index contributed by atoms with van der Waals surface area (Å²) in [4.78, 5) is 4.99. The van der Waals surface area contributed by atoms with Gasteiger partial charge in [0.1, 0.15) is 11.3 Å². The predicted molar refractivity (Wildman–Crippen MR) is 118 cm³/mol. The van der Waals surface area contributed by atoms with Crippen LogP contribution in [0.5, 0.6) is 0 Å². The van der Waals surface area contributed by atoms with E-state index in [1.807, 2.05) is 12.1 Å². The van der Waals surface area contributed by atoms with E-state index in [0.29, 0.717) is 0 Å².